The van der Waals surface area contributed by atoms with Gasteiger partial charge in [-0.2, -0.15) is 0 Å². The largest absolute Gasteiger partial charge is 0.507 e. The summed E-state index contributed by atoms with van der Waals surface area (Å²) in [4.78, 5) is 0. The van der Waals surface area contributed by atoms with Crippen LogP contribution in [0.5, 0.6) is 5.75 Å². The van der Waals surface area contributed by atoms with Crippen LogP contribution in [-0.2, 0) is 17.8 Å². The van der Waals surface area contributed by atoms with Crippen molar-refractivity contribution < 1.29 is 9.84 Å². The van der Waals surface area contributed by atoms with Gasteiger partial charge in [0, 0.05) is 7.11 Å². The van der Waals surface area contributed by atoms with Crippen LogP contribution in [0.15, 0.2) is 12.1 Å². The van der Waals surface area contributed by atoms with E-state index in [2.05, 4.69) is 0 Å². The Bertz CT molecular complexity index is 292. The van der Waals surface area contributed by atoms with Gasteiger partial charge in [0.25, 0.3) is 0 Å². The van der Waals surface area contributed by atoms with Gasteiger partial charge in [-0.3, -0.25) is 0 Å². The van der Waals surface area contributed by atoms with E-state index in [9.17, 15) is 5.11 Å². The summed E-state index contributed by atoms with van der Waals surface area (Å²) in [5.74, 6) is 0.419. The van der Waals surface area contributed by atoms with Crippen molar-refractivity contribution in [3.05, 3.63) is 28.8 Å². The molecule has 0 saturated heterocycles. The maximum absolute atomic E-state index is 9.65. The Hall–Kier alpha value is -1.02. The quantitative estimate of drug-likeness (QED) is 0.774. The molecular weight excluding hydrogens is 164 g/mol. The summed E-state index contributed by atoms with van der Waals surface area (Å²) in [7, 11) is 1.67. The third-order valence-electron chi connectivity index (χ3n) is 2.13. The molecule has 0 aromatic heterocycles. The highest BCUT2D eigenvalue weighted by atomic mass is 16.5. The van der Waals surface area contributed by atoms with E-state index in [4.69, 9.17) is 4.74 Å². The third kappa shape index (κ3) is 2.22. The number of phenolic OH excluding ortho intramolecular Hbond substituents is 1. The van der Waals surface area contributed by atoms with Gasteiger partial charge in [-0.25, -0.2) is 0 Å². The highest BCUT2D eigenvalue weighted by Crippen LogP contribution is 2.24. The Morgan fingerprint density at radius 1 is 1.38 bits per heavy atom. The Labute approximate surface area is 79.2 Å². The predicted octanol–water partition coefficient (Wildman–Crippen LogP) is 2.41. The minimum Gasteiger partial charge on any atom is -0.507 e. The zero-order chi connectivity index (χ0) is 9.84. The molecule has 2 nitrogen and oxygen atoms in total. The maximum atomic E-state index is 9.65. The number of aromatic hydroxyl groups is 1. The minimum absolute atomic E-state index is 0.419. The molecule has 0 fully saturated rings. The second-order valence-corrected chi connectivity index (χ2v) is 3.21. The van der Waals surface area contributed by atoms with E-state index >= 15 is 0 Å². The number of ether oxygens (including phenoxy) is 1. The van der Waals surface area contributed by atoms with E-state index in [-0.39, 0.29) is 0 Å². The van der Waals surface area contributed by atoms with E-state index in [0.717, 1.165) is 23.1 Å². The van der Waals surface area contributed by atoms with Crippen LogP contribution in [0.1, 0.15) is 23.6 Å². The molecule has 0 unspecified atom stereocenters. The van der Waals surface area contributed by atoms with Gasteiger partial charge < -0.3 is 9.84 Å². The molecule has 0 aliphatic carbocycles. The van der Waals surface area contributed by atoms with Crippen LogP contribution in [-0.4, -0.2) is 12.2 Å². The molecule has 1 aromatic rings. The fourth-order valence-corrected chi connectivity index (χ4v) is 1.45. The topological polar surface area (TPSA) is 29.5 Å². The molecule has 0 saturated carbocycles. The number of benzene rings is 1. The molecule has 0 aliphatic heterocycles. The summed E-state index contributed by atoms with van der Waals surface area (Å²) < 4.78 is 5.04. The zero-order valence-corrected chi connectivity index (χ0v) is 8.42. The highest BCUT2D eigenvalue weighted by molar-refractivity contribution is 5.42. The first kappa shape index (κ1) is 10.1. The van der Waals surface area contributed by atoms with Crippen molar-refractivity contribution >= 4 is 0 Å². The van der Waals surface area contributed by atoms with Crippen LogP contribution in [0.2, 0.25) is 0 Å². The summed E-state index contributed by atoms with van der Waals surface area (Å²) in [6, 6.07) is 3.95. The summed E-state index contributed by atoms with van der Waals surface area (Å²) in [5.41, 5.74) is 3.04. The summed E-state index contributed by atoms with van der Waals surface area (Å²) in [6.07, 6.45) is 0.851. The molecule has 13 heavy (non-hydrogen) atoms. The SMILES string of the molecule is CCc1cc(COC)cc(C)c1O. The van der Waals surface area contributed by atoms with Crippen LogP contribution < -0.4 is 0 Å². The van der Waals surface area contributed by atoms with Gasteiger partial charge in [-0.15, -0.1) is 0 Å². The molecule has 0 atom stereocenters. The highest BCUT2D eigenvalue weighted by Gasteiger charge is 2.04. The summed E-state index contributed by atoms with van der Waals surface area (Å²) in [6.45, 7) is 4.55. The molecule has 1 N–H and O–H groups in total. The fourth-order valence-electron chi connectivity index (χ4n) is 1.45. The monoisotopic (exact) mass is 180 g/mol. The van der Waals surface area contributed by atoms with Crippen molar-refractivity contribution in [1.82, 2.24) is 0 Å². The van der Waals surface area contributed by atoms with Crippen molar-refractivity contribution in [3.63, 3.8) is 0 Å². The Morgan fingerprint density at radius 2 is 2.08 bits per heavy atom. The van der Waals surface area contributed by atoms with Gasteiger partial charge in [-0.1, -0.05) is 13.0 Å². The Balaban J connectivity index is 3.06. The molecule has 0 spiro atoms. The molecule has 1 aromatic carbocycles. The molecule has 0 aliphatic rings. The zero-order valence-electron chi connectivity index (χ0n) is 8.42. The van der Waals surface area contributed by atoms with Gasteiger partial charge >= 0.3 is 0 Å². The lowest BCUT2D eigenvalue weighted by molar-refractivity contribution is 0.184. The number of aryl methyl sites for hydroxylation is 2. The van der Waals surface area contributed by atoms with E-state index in [0.29, 0.717) is 12.4 Å². The summed E-state index contributed by atoms with van der Waals surface area (Å²) >= 11 is 0. The van der Waals surface area contributed by atoms with Gasteiger partial charge in [0.15, 0.2) is 0 Å². The first-order valence-corrected chi connectivity index (χ1v) is 4.49. The molecule has 0 heterocycles. The number of methoxy groups -OCH3 is 1. The lowest BCUT2D eigenvalue weighted by Gasteiger charge is -2.08. The molecule has 0 bridgehead atoms. The van der Waals surface area contributed by atoms with Gasteiger partial charge in [0.2, 0.25) is 0 Å². The molecule has 72 valence electrons. The summed E-state index contributed by atoms with van der Waals surface area (Å²) in [5, 5.41) is 9.65. The second-order valence-electron chi connectivity index (χ2n) is 3.21. The lowest BCUT2D eigenvalue weighted by Crippen LogP contribution is -1.92. The van der Waals surface area contributed by atoms with Crippen LogP contribution in [0.3, 0.4) is 0 Å². The van der Waals surface area contributed by atoms with E-state index in [1.807, 2.05) is 26.0 Å². The molecule has 0 amide bonds. The lowest BCUT2D eigenvalue weighted by atomic mass is 10.0. The van der Waals surface area contributed by atoms with Crippen LogP contribution in [0.4, 0.5) is 0 Å². The smallest absolute Gasteiger partial charge is 0.121 e. The Kier molecular flexibility index (Phi) is 3.32. The number of hydrogen-bond donors (Lipinski definition) is 1. The van der Waals surface area contributed by atoms with Gasteiger partial charge in [-0.05, 0) is 36.1 Å². The molecule has 1 rings (SSSR count). The van der Waals surface area contributed by atoms with Crippen LogP contribution in [0.25, 0.3) is 0 Å². The van der Waals surface area contributed by atoms with Crippen molar-refractivity contribution in [2.75, 3.05) is 7.11 Å². The van der Waals surface area contributed by atoms with Crippen molar-refractivity contribution in [1.29, 1.82) is 0 Å². The third-order valence-corrected chi connectivity index (χ3v) is 2.13. The average Bonchev–Trinajstić information content (AvgIpc) is 2.11. The standard InChI is InChI=1S/C11H16O2/c1-4-10-6-9(7-13-3)5-8(2)11(10)12/h5-6,12H,4,7H2,1-3H3. The molecule has 2 heteroatoms. The fraction of sp³-hybridized carbons (Fsp3) is 0.455. The number of hydrogen-bond acceptors (Lipinski definition) is 2. The van der Waals surface area contributed by atoms with E-state index in [1.54, 1.807) is 7.11 Å². The van der Waals surface area contributed by atoms with Gasteiger partial charge in [0.05, 0.1) is 6.61 Å². The minimum atomic E-state index is 0.419. The molecule has 0 radical (unpaired) electrons. The predicted molar refractivity (Wildman–Crippen MR) is 52.9 cm³/mol. The van der Waals surface area contributed by atoms with Crippen LogP contribution >= 0.6 is 0 Å². The van der Waals surface area contributed by atoms with Crippen molar-refractivity contribution in [2.24, 2.45) is 0 Å². The normalized spacial score (nSPS) is 10.4. The Morgan fingerprint density at radius 3 is 2.62 bits per heavy atom. The number of phenols is 1. The van der Waals surface area contributed by atoms with Crippen molar-refractivity contribution in [3.8, 4) is 5.75 Å². The van der Waals surface area contributed by atoms with Gasteiger partial charge in [0.1, 0.15) is 5.75 Å². The van der Waals surface area contributed by atoms with E-state index < -0.39 is 0 Å². The van der Waals surface area contributed by atoms with Crippen LogP contribution in [0, 0.1) is 6.92 Å². The van der Waals surface area contributed by atoms with Crippen molar-refractivity contribution in [2.45, 2.75) is 26.9 Å². The maximum Gasteiger partial charge on any atom is 0.121 e. The van der Waals surface area contributed by atoms with E-state index in [1.165, 1.54) is 0 Å². The molecular formula is C11H16O2. The average molecular weight is 180 g/mol. The number of rotatable bonds is 3. The second kappa shape index (κ2) is 4.28. The first-order valence-electron chi connectivity index (χ1n) is 4.49. The first-order chi connectivity index (χ1) is 6.19.